The second kappa shape index (κ2) is 9.11. The molecule has 0 saturated carbocycles. The number of carbonyl (C=O) groups is 1. The molecule has 8 heteroatoms. The van der Waals surface area contributed by atoms with E-state index in [0.717, 1.165) is 29.8 Å². The van der Waals surface area contributed by atoms with E-state index in [0.29, 0.717) is 23.0 Å². The maximum atomic E-state index is 12.1. The van der Waals surface area contributed by atoms with Crippen LogP contribution in [0, 0.1) is 0 Å². The Labute approximate surface area is 180 Å². The molecule has 1 aliphatic rings. The maximum Gasteiger partial charge on any atom is 0.250 e. The van der Waals surface area contributed by atoms with Gasteiger partial charge in [-0.1, -0.05) is 23.7 Å². The molecule has 1 aromatic carbocycles. The Kier molecular flexibility index (Phi) is 6.56. The lowest BCUT2D eigenvalue weighted by atomic mass is 10.0. The van der Waals surface area contributed by atoms with Gasteiger partial charge >= 0.3 is 0 Å². The molecule has 0 bridgehead atoms. The van der Waals surface area contributed by atoms with Gasteiger partial charge in [0.2, 0.25) is 5.88 Å². The molecule has 2 aromatic heterocycles. The third kappa shape index (κ3) is 4.60. The van der Waals surface area contributed by atoms with Crippen molar-refractivity contribution in [1.82, 2.24) is 9.97 Å². The third-order valence-corrected chi connectivity index (χ3v) is 5.03. The first-order valence-corrected chi connectivity index (χ1v) is 9.36. The lowest BCUT2D eigenvalue weighted by Gasteiger charge is -2.22. The molecule has 1 saturated heterocycles. The Morgan fingerprint density at radius 3 is 2.72 bits per heavy atom. The molecule has 2 N–H and O–H groups in total. The number of anilines is 1. The molecule has 0 spiro atoms. The second-order valence-corrected chi connectivity index (χ2v) is 7.01. The summed E-state index contributed by atoms with van der Waals surface area (Å²) in [5, 5.41) is 0.486. The highest BCUT2D eigenvalue weighted by Crippen LogP contribution is 2.31. The van der Waals surface area contributed by atoms with E-state index in [1.54, 1.807) is 30.7 Å². The molecule has 4 rings (SSSR count). The molecule has 0 radical (unpaired) electrons. The highest BCUT2D eigenvalue weighted by atomic mass is 35.5. The number of benzene rings is 1. The van der Waals surface area contributed by atoms with Crippen molar-refractivity contribution in [2.75, 3.05) is 18.0 Å². The predicted molar refractivity (Wildman–Crippen MR) is 116 cm³/mol. The number of carbonyl (C=O) groups excluding carboxylic acids is 1. The van der Waals surface area contributed by atoms with Crippen molar-refractivity contribution in [3.63, 3.8) is 0 Å². The van der Waals surface area contributed by atoms with Crippen molar-refractivity contribution >= 4 is 35.6 Å². The van der Waals surface area contributed by atoms with Gasteiger partial charge in [-0.3, -0.25) is 9.78 Å². The number of rotatable bonds is 5. The van der Waals surface area contributed by atoms with Crippen LogP contribution in [0.2, 0.25) is 5.02 Å². The van der Waals surface area contributed by atoms with E-state index in [1.807, 2.05) is 30.3 Å². The number of halogens is 2. The summed E-state index contributed by atoms with van der Waals surface area (Å²) in [7, 11) is 0. The number of nitrogens with zero attached hydrogens (tertiary/aromatic N) is 3. The highest BCUT2D eigenvalue weighted by molar-refractivity contribution is 6.31. The summed E-state index contributed by atoms with van der Waals surface area (Å²) < 4.78 is 5.94. The number of hydrogen-bond acceptors (Lipinski definition) is 5. The number of aromatic nitrogens is 2. The topological polar surface area (TPSA) is 81.3 Å². The maximum absolute atomic E-state index is 12.1. The van der Waals surface area contributed by atoms with Crippen LogP contribution in [0.5, 0.6) is 5.88 Å². The molecule has 150 valence electrons. The van der Waals surface area contributed by atoms with Crippen molar-refractivity contribution in [3.8, 4) is 17.0 Å². The van der Waals surface area contributed by atoms with E-state index < -0.39 is 5.91 Å². The molecule has 6 nitrogen and oxygen atoms in total. The summed E-state index contributed by atoms with van der Waals surface area (Å²) in [6.45, 7) is 1.38. The van der Waals surface area contributed by atoms with E-state index in [-0.39, 0.29) is 18.5 Å². The Morgan fingerprint density at radius 1 is 1.17 bits per heavy atom. The van der Waals surface area contributed by atoms with Gasteiger partial charge in [-0.05, 0) is 35.9 Å². The van der Waals surface area contributed by atoms with Crippen molar-refractivity contribution in [2.24, 2.45) is 5.73 Å². The SMILES string of the molecule is Cl.NC(=O)c1cc(-c2cccnc2)ccc1N1CCC(Oc2ncccc2Cl)C1. The summed E-state index contributed by atoms with van der Waals surface area (Å²) in [5.74, 6) is -0.0315. The van der Waals surface area contributed by atoms with Crippen LogP contribution < -0.4 is 15.4 Å². The minimum Gasteiger partial charge on any atom is -0.471 e. The number of ether oxygens (including phenoxy) is 1. The molecule has 1 aliphatic heterocycles. The molecular weight excluding hydrogens is 411 g/mol. The Bertz CT molecular complexity index is 1000. The minimum absolute atomic E-state index is 0. The molecular formula is C21H20Cl2N4O2. The number of primary amides is 1. The number of pyridine rings is 2. The Morgan fingerprint density at radius 2 is 2.00 bits per heavy atom. The van der Waals surface area contributed by atoms with Crippen LogP contribution >= 0.6 is 24.0 Å². The molecule has 1 atom stereocenters. The van der Waals surface area contributed by atoms with Crippen LogP contribution in [0.1, 0.15) is 16.8 Å². The second-order valence-electron chi connectivity index (χ2n) is 6.60. The monoisotopic (exact) mass is 430 g/mol. The molecule has 29 heavy (non-hydrogen) atoms. The predicted octanol–water partition coefficient (Wildman–Crippen LogP) is 3.98. The van der Waals surface area contributed by atoms with Gasteiger partial charge in [0.1, 0.15) is 11.1 Å². The van der Waals surface area contributed by atoms with E-state index >= 15 is 0 Å². The van der Waals surface area contributed by atoms with Gasteiger partial charge < -0.3 is 15.4 Å². The average molecular weight is 431 g/mol. The summed E-state index contributed by atoms with van der Waals surface area (Å²) >= 11 is 6.13. The molecule has 0 aliphatic carbocycles. The average Bonchev–Trinajstić information content (AvgIpc) is 3.18. The molecule has 3 heterocycles. The van der Waals surface area contributed by atoms with Gasteiger partial charge in [-0.25, -0.2) is 4.98 Å². The molecule has 1 amide bonds. The zero-order valence-electron chi connectivity index (χ0n) is 15.5. The summed E-state index contributed by atoms with van der Waals surface area (Å²) in [6, 6.07) is 13.0. The number of amides is 1. The zero-order chi connectivity index (χ0) is 19.5. The van der Waals surface area contributed by atoms with Gasteiger partial charge in [0, 0.05) is 42.8 Å². The lowest BCUT2D eigenvalue weighted by molar-refractivity contribution is 0.100. The van der Waals surface area contributed by atoms with Crippen molar-refractivity contribution in [3.05, 3.63) is 71.6 Å². The van der Waals surface area contributed by atoms with Crippen LogP contribution in [-0.4, -0.2) is 35.1 Å². The first-order chi connectivity index (χ1) is 13.6. The summed E-state index contributed by atoms with van der Waals surface area (Å²) in [6.07, 6.45) is 5.86. The molecule has 1 fully saturated rings. The van der Waals surface area contributed by atoms with Crippen LogP contribution in [-0.2, 0) is 0 Å². The van der Waals surface area contributed by atoms with Gasteiger partial charge in [0.05, 0.1) is 12.1 Å². The highest BCUT2D eigenvalue weighted by Gasteiger charge is 2.27. The summed E-state index contributed by atoms with van der Waals surface area (Å²) in [4.78, 5) is 22.5. The van der Waals surface area contributed by atoms with E-state index in [1.165, 1.54) is 0 Å². The number of hydrogen-bond donors (Lipinski definition) is 1. The smallest absolute Gasteiger partial charge is 0.250 e. The fraction of sp³-hybridized carbons (Fsp3) is 0.190. The third-order valence-electron chi connectivity index (χ3n) is 4.75. The molecule has 1 unspecified atom stereocenters. The van der Waals surface area contributed by atoms with Gasteiger partial charge in [0.25, 0.3) is 5.91 Å². The van der Waals surface area contributed by atoms with Gasteiger partial charge in [-0.2, -0.15) is 0 Å². The van der Waals surface area contributed by atoms with Gasteiger partial charge in [0.15, 0.2) is 0 Å². The van der Waals surface area contributed by atoms with Crippen molar-refractivity contribution in [2.45, 2.75) is 12.5 Å². The van der Waals surface area contributed by atoms with Crippen molar-refractivity contribution < 1.29 is 9.53 Å². The van der Waals surface area contributed by atoms with Crippen LogP contribution in [0.15, 0.2) is 61.1 Å². The van der Waals surface area contributed by atoms with E-state index in [4.69, 9.17) is 22.1 Å². The minimum atomic E-state index is -0.460. The standard InChI is InChI=1S/C21H19ClN4O2.ClH/c22-18-4-2-9-25-21(18)28-16-7-10-26(13-16)19-6-5-14(11-17(19)20(23)27)15-3-1-8-24-12-15;/h1-6,8-9,11-12,16H,7,10,13H2,(H2,23,27);1H. The lowest BCUT2D eigenvalue weighted by Crippen LogP contribution is -2.27. The van der Waals surface area contributed by atoms with Crippen LogP contribution in [0.4, 0.5) is 5.69 Å². The summed E-state index contributed by atoms with van der Waals surface area (Å²) in [5.41, 5.74) is 8.79. The van der Waals surface area contributed by atoms with Crippen molar-refractivity contribution in [1.29, 1.82) is 0 Å². The van der Waals surface area contributed by atoms with Crippen LogP contribution in [0.3, 0.4) is 0 Å². The first-order valence-electron chi connectivity index (χ1n) is 8.98. The fourth-order valence-corrected chi connectivity index (χ4v) is 3.55. The van der Waals surface area contributed by atoms with Gasteiger partial charge in [-0.15, -0.1) is 12.4 Å². The van der Waals surface area contributed by atoms with E-state index in [2.05, 4.69) is 14.9 Å². The molecule has 3 aromatic rings. The Balaban J connectivity index is 0.00000240. The number of nitrogens with two attached hydrogens (primary N) is 1. The first kappa shape index (κ1) is 20.9. The van der Waals surface area contributed by atoms with Crippen LogP contribution in [0.25, 0.3) is 11.1 Å². The largest absolute Gasteiger partial charge is 0.471 e. The normalized spacial score (nSPS) is 15.6. The quantitative estimate of drug-likeness (QED) is 0.661. The Hall–Kier alpha value is -2.83. The fourth-order valence-electron chi connectivity index (χ4n) is 3.38. The van der Waals surface area contributed by atoms with E-state index in [9.17, 15) is 4.79 Å². The zero-order valence-corrected chi connectivity index (χ0v) is 17.1.